The fraction of sp³-hybridized carbons (Fsp3) is 0.0909. The average Bonchev–Trinajstić information content (AvgIpc) is 2.13. The van der Waals surface area contributed by atoms with Crippen LogP contribution in [0.5, 0.6) is 5.75 Å². The highest BCUT2D eigenvalue weighted by Gasteiger charge is 1.93. The molecule has 1 N–H and O–H groups in total. The molecule has 0 radical (unpaired) electrons. The zero-order valence-corrected chi connectivity index (χ0v) is 7.12. The topological polar surface area (TPSA) is 20.2 Å². The van der Waals surface area contributed by atoms with Crippen molar-refractivity contribution in [3.05, 3.63) is 35.9 Å². The molecule has 1 aromatic rings. The molecule has 0 aliphatic rings. The summed E-state index contributed by atoms with van der Waals surface area (Å²) in [7, 11) is 0. The van der Waals surface area contributed by atoms with Crippen molar-refractivity contribution in [3.63, 3.8) is 0 Å². The summed E-state index contributed by atoms with van der Waals surface area (Å²) in [6, 6.07) is 5.23. The lowest BCUT2D eigenvalue weighted by Crippen LogP contribution is -1.77. The lowest BCUT2D eigenvalue weighted by molar-refractivity contribution is 0.475. The maximum Gasteiger partial charge on any atom is 0.116 e. The van der Waals surface area contributed by atoms with Gasteiger partial charge in [-0.25, -0.2) is 0 Å². The van der Waals surface area contributed by atoms with Gasteiger partial charge in [0.25, 0.3) is 0 Å². The number of hydrogen-bond acceptors (Lipinski definition) is 1. The van der Waals surface area contributed by atoms with Crippen molar-refractivity contribution < 1.29 is 5.11 Å². The molecule has 0 atom stereocenters. The second kappa shape index (κ2) is 5.03. The predicted molar refractivity (Wildman–Crippen MR) is 52.8 cm³/mol. The Balaban J connectivity index is 0.000000561. The summed E-state index contributed by atoms with van der Waals surface area (Å²) in [5.74, 6) is 0.292. The molecule has 0 unspecified atom stereocenters. The minimum Gasteiger partial charge on any atom is -0.508 e. The molecule has 0 saturated heterocycles. The Morgan fingerprint density at radius 2 is 2.00 bits per heavy atom. The standard InChI is InChI=1S/C9H10O.C2H2/c1-3-8-6-9(10)5-4-7(8)2;1-2/h3-6,10H,1H2,2H3;1-2H. The fourth-order valence-electron chi connectivity index (χ4n) is 0.848. The molecular weight excluding hydrogens is 148 g/mol. The summed E-state index contributed by atoms with van der Waals surface area (Å²) in [6.45, 7) is 5.60. The van der Waals surface area contributed by atoms with E-state index in [2.05, 4.69) is 19.4 Å². The monoisotopic (exact) mass is 160 g/mol. The van der Waals surface area contributed by atoms with Gasteiger partial charge in [0.2, 0.25) is 0 Å². The molecule has 12 heavy (non-hydrogen) atoms. The molecule has 0 bridgehead atoms. The molecular formula is C11H12O. The number of aromatic hydroxyl groups is 1. The molecule has 0 saturated carbocycles. The van der Waals surface area contributed by atoms with Gasteiger partial charge in [-0.15, -0.1) is 12.8 Å². The van der Waals surface area contributed by atoms with Crippen LogP contribution in [0.2, 0.25) is 0 Å². The second-order valence-electron chi connectivity index (χ2n) is 2.25. The molecule has 1 nitrogen and oxygen atoms in total. The van der Waals surface area contributed by atoms with Gasteiger partial charge in [0.05, 0.1) is 0 Å². The molecule has 0 aromatic heterocycles. The Labute approximate surface area is 73.4 Å². The number of hydrogen-bond donors (Lipinski definition) is 1. The van der Waals surface area contributed by atoms with E-state index in [0.29, 0.717) is 5.75 Å². The van der Waals surface area contributed by atoms with Crippen LogP contribution in [-0.4, -0.2) is 5.11 Å². The molecule has 1 rings (SSSR count). The molecule has 1 aromatic carbocycles. The van der Waals surface area contributed by atoms with Crippen molar-refractivity contribution in [2.75, 3.05) is 0 Å². The van der Waals surface area contributed by atoms with Gasteiger partial charge >= 0.3 is 0 Å². The number of terminal acetylenes is 1. The molecule has 0 aliphatic carbocycles. The molecule has 1 heteroatoms. The minimum absolute atomic E-state index is 0.292. The Morgan fingerprint density at radius 3 is 2.42 bits per heavy atom. The Hall–Kier alpha value is -1.68. The third-order valence-corrected chi connectivity index (χ3v) is 1.48. The number of rotatable bonds is 1. The van der Waals surface area contributed by atoms with Gasteiger partial charge in [0.15, 0.2) is 0 Å². The summed E-state index contributed by atoms with van der Waals surface area (Å²) < 4.78 is 0. The molecule has 0 aliphatic heterocycles. The molecule has 62 valence electrons. The third-order valence-electron chi connectivity index (χ3n) is 1.48. The lowest BCUT2D eigenvalue weighted by Gasteiger charge is -1.98. The first kappa shape index (κ1) is 10.3. The highest BCUT2D eigenvalue weighted by molar-refractivity contribution is 5.53. The first-order valence-electron chi connectivity index (χ1n) is 3.49. The lowest BCUT2D eigenvalue weighted by atomic mass is 10.1. The maximum atomic E-state index is 9.02. The van der Waals surface area contributed by atoms with Gasteiger partial charge in [-0.05, 0) is 30.2 Å². The van der Waals surface area contributed by atoms with Gasteiger partial charge in [-0.2, -0.15) is 0 Å². The quantitative estimate of drug-likeness (QED) is 0.626. The first-order valence-corrected chi connectivity index (χ1v) is 3.49. The highest BCUT2D eigenvalue weighted by Crippen LogP contribution is 2.15. The van der Waals surface area contributed by atoms with Gasteiger partial charge in [-0.1, -0.05) is 18.7 Å². The van der Waals surface area contributed by atoms with E-state index in [1.165, 1.54) is 0 Å². The zero-order valence-electron chi connectivity index (χ0n) is 7.12. The summed E-state index contributed by atoms with van der Waals surface area (Å²) in [6.07, 6.45) is 9.73. The summed E-state index contributed by atoms with van der Waals surface area (Å²) in [5.41, 5.74) is 2.12. The number of aryl methyl sites for hydroxylation is 1. The maximum absolute atomic E-state index is 9.02. The van der Waals surface area contributed by atoms with Gasteiger partial charge in [0, 0.05) is 0 Å². The summed E-state index contributed by atoms with van der Waals surface area (Å²) in [4.78, 5) is 0. The third kappa shape index (κ3) is 2.51. The van der Waals surface area contributed by atoms with E-state index in [1.54, 1.807) is 18.2 Å². The summed E-state index contributed by atoms with van der Waals surface area (Å²) >= 11 is 0. The van der Waals surface area contributed by atoms with Crippen LogP contribution in [0.1, 0.15) is 11.1 Å². The summed E-state index contributed by atoms with van der Waals surface area (Å²) in [5, 5.41) is 9.02. The Morgan fingerprint density at radius 1 is 1.42 bits per heavy atom. The molecule has 0 fully saturated rings. The SMILES string of the molecule is C#C.C=Cc1cc(O)ccc1C. The van der Waals surface area contributed by atoms with Gasteiger partial charge in [-0.3, -0.25) is 0 Å². The number of benzene rings is 1. The molecule has 0 spiro atoms. The van der Waals surface area contributed by atoms with Crippen LogP contribution in [-0.2, 0) is 0 Å². The average molecular weight is 160 g/mol. The van der Waals surface area contributed by atoms with E-state index >= 15 is 0 Å². The minimum atomic E-state index is 0.292. The number of phenols is 1. The Bertz CT molecular complexity index is 284. The van der Waals surface area contributed by atoms with E-state index in [4.69, 9.17) is 5.11 Å². The van der Waals surface area contributed by atoms with Crippen molar-refractivity contribution in [1.82, 2.24) is 0 Å². The van der Waals surface area contributed by atoms with Crippen molar-refractivity contribution >= 4 is 6.08 Å². The van der Waals surface area contributed by atoms with Crippen LogP contribution >= 0.6 is 0 Å². The van der Waals surface area contributed by atoms with Crippen LogP contribution in [0.3, 0.4) is 0 Å². The Kier molecular flexibility index (Phi) is 4.33. The smallest absolute Gasteiger partial charge is 0.116 e. The fourth-order valence-corrected chi connectivity index (χ4v) is 0.848. The van der Waals surface area contributed by atoms with Gasteiger partial charge in [0.1, 0.15) is 5.75 Å². The molecule has 0 amide bonds. The predicted octanol–water partition coefficient (Wildman–Crippen LogP) is 2.59. The zero-order chi connectivity index (χ0) is 9.56. The van der Waals surface area contributed by atoms with Crippen LogP contribution in [0.15, 0.2) is 24.8 Å². The van der Waals surface area contributed by atoms with Crippen molar-refractivity contribution in [2.45, 2.75) is 6.92 Å². The highest BCUT2D eigenvalue weighted by atomic mass is 16.3. The normalized spacial score (nSPS) is 7.92. The van der Waals surface area contributed by atoms with Crippen molar-refractivity contribution in [3.8, 4) is 18.6 Å². The van der Waals surface area contributed by atoms with Crippen molar-refractivity contribution in [2.24, 2.45) is 0 Å². The van der Waals surface area contributed by atoms with Crippen LogP contribution in [0.25, 0.3) is 6.08 Å². The second-order valence-corrected chi connectivity index (χ2v) is 2.25. The van der Waals surface area contributed by atoms with E-state index in [1.807, 2.05) is 13.0 Å². The largest absolute Gasteiger partial charge is 0.508 e. The van der Waals surface area contributed by atoms with E-state index in [9.17, 15) is 0 Å². The van der Waals surface area contributed by atoms with E-state index in [0.717, 1.165) is 11.1 Å². The van der Waals surface area contributed by atoms with Crippen molar-refractivity contribution in [1.29, 1.82) is 0 Å². The molecule has 0 heterocycles. The number of phenolic OH excluding ortho intramolecular Hbond substituents is 1. The first-order chi connectivity index (χ1) is 5.74. The van der Waals surface area contributed by atoms with Crippen LogP contribution < -0.4 is 0 Å². The van der Waals surface area contributed by atoms with Crippen LogP contribution in [0.4, 0.5) is 0 Å². The van der Waals surface area contributed by atoms with E-state index in [-0.39, 0.29) is 0 Å². The van der Waals surface area contributed by atoms with Crippen LogP contribution in [0, 0.1) is 19.8 Å². The van der Waals surface area contributed by atoms with E-state index < -0.39 is 0 Å². The van der Waals surface area contributed by atoms with Gasteiger partial charge < -0.3 is 5.11 Å².